The topological polar surface area (TPSA) is 30.5 Å². The van der Waals surface area contributed by atoms with Crippen LogP contribution in [0.2, 0.25) is 0 Å². The van der Waals surface area contributed by atoms with Gasteiger partial charge >= 0.3 is 0 Å². The third-order valence-electron chi connectivity index (χ3n) is 2.27. The van der Waals surface area contributed by atoms with Crippen LogP contribution in [0, 0.1) is 0 Å². The maximum absolute atomic E-state index is 5.73. The van der Waals surface area contributed by atoms with Crippen LogP contribution in [-0.4, -0.2) is 26.3 Å². The van der Waals surface area contributed by atoms with Crippen molar-refractivity contribution in [2.75, 3.05) is 20.3 Å². The normalized spacial score (nSPS) is 10.6. The summed E-state index contributed by atoms with van der Waals surface area (Å²) in [5, 5.41) is 3.35. The lowest BCUT2D eigenvalue weighted by Gasteiger charge is -2.13. The zero-order valence-electron chi connectivity index (χ0n) is 10.6. The lowest BCUT2D eigenvalue weighted by Crippen LogP contribution is -2.24. The standard InChI is InChI=1S/C13H20BrNO2/c1-10(2)15-8-5-9-17-13-11(14)6-4-7-12(13)16-3/h4,6-7,10,15H,5,8-9H2,1-3H3. The number of halogens is 1. The highest BCUT2D eigenvalue weighted by atomic mass is 79.9. The van der Waals surface area contributed by atoms with Gasteiger partial charge in [-0.15, -0.1) is 0 Å². The molecule has 3 nitrogen and oxygen atoms in total. The highest BCUT2D eigenvalue weighted by molar-refractivity contribution is 9.10. The Kier molecular flexibility index (Phi) is 6.37. The highest BCUT2D eigenvalue weighted by Gasteiger charge is 2.07. The summed E-state index contributed by atoms with van der Waals surface area (Å²) in [5.41, 5.74) is 0. The number of benzene rings is 1. The summed E-state index contributed by atoms with van der Waals surface area (Å²) in [6, 6.07) is 6.29. The van der Waals surface area contributed by atoms with Gasteiger partial charge in [0.05, 0.1) is 18.2 Å². The summed E-state index contributed by atoms with van der Waals surface area (Å²) in [7, 11) is 1.65. The Morgan fingerprint density at radius 2 is 2.12 bits per heavy atom. The number of nitrogens with one attached hydrogen (secondary N) is 1. The number of hydrogen-bond donors (Lipinski definition) is 1. The van der Waals surface area contributed by atoms with Gasteiger partial charge in [-0.05, 0) is 41.0 Å². The maximum Gasteiger partial charge on any atom is 0.175 e. The Hall–Kier alpha value is -0.740. The number of hydrogen-bond acceptors (Lipinski definition) is 3. The van der Waals surface area contributed by atoms with Crippen molar-refractivity contribution in [3.63, 3.8) is 0 Å². The molecule has 0 bridgehead atoms. The van der Waals surface area contributed by atoms with Gasteiger partial charge in [0.25, 0.3) is 0 Å². The van der Waals surface area contributed by atoms with E-state index in [0.717, 1.165) is 28.9 Å². The van der Waals surface area contributed by atoms with Gasteiger partial charge in [-0.25, -0.2) is 0 Å². The van der Waals surface area contributed by atoms with Crippen LogP contribution < -0.4 is 14.8 Å². The van der Waals surface area contributed by atoms with E-state index in [1.165, 1.54) is 0 Å². The SMILES string of the molecule is COc1cccc(Br)c1OCCCNC(C)C. The van der Waals surface area contributed by atoms with E-state index in [-0.39, 0.29) is 0 Å². The summed E-state index contributed by atoms with van der Waals surface area (Å²) < 4.78 is 11.9. The Balaban J connectivity index is 2.40. The average Bonchev–Trinajstić information content (AvgIpc) is 2.30. The number of para-hydroxylation sites is 1. The Bertz CT molecular complexity index is 342. The lowest BCUT2D eigenvalue weighted by atomic mass is 10.3. The van der Waals surface area contributed by atoms with Crippen molar-refractivity contribution >= 4 is 15.9 Å². The molecular weight excluding hydrogens is 282 g/mol. The molecule has 0 aliphatic heterocycles. The van der Waals surface area contributed by atoms with Crippen LogP contribution in [0.25, 0.3) is 0 Å². The van der Waals surface area contributed by atoms with Crippen LogP contribution in [0.4, 0.5) is 0 Å². The van der Waals surface area contributed by atoms with Crippen molar-refractivity contribution < 1.29 is 9.47 Å². The van der Waals surface area contributed by atoms with Gasteiger partial charge in [0, 0.05) is 6.04 Å². The summed E-state index contributed by atoms with van der Waals surface area (Å²) in [6.07, 6.45) is 0.975. The Morgan fingerprint density at radius 1 is 1.35 bits per heavy atom. The number of rotatable bonds is 7. The molecule has 96 valence electrons. The van der Waals surface area contributed by atoms with Crippen molar-refractivity contribution in [1.82, 2.24) is 5.32 Å². The van der Waals surface area contributed by atoms with Crippen LogP contribution in [-0.2, 0) is 0 Å². The Morgan fingerprint density at radius 3 is 2.76 bits per heavy atom. The van der Waals surface area contributed by atoms with Crippen LogP contribution >= 0.6 is 15.9 Å². The molecule has 0 aliphatic carbocycles. The molecule has 0 heterocycles. The fourth-order valence-corrected chi connectivity index (χ4v) is 1.89. The van der Waals surface area contributed by atoms with E-state index >= 15 is 0 Å². The number of ether oxygens (including phenoxy) is 2. The van der Waals surface area contributed by atoms with Gasteiger partial charge in [-0.2, -0.15) is 0 Å². The molecule has 1 aromatic rings. The first-order valence-electron chi connectivity index (χ1n) is 5.84. The van der Waals surface area contributed by atoms with Gasteiger partial charge in [-0.1, -0.05) is 19.9 Å². The Labute approximate surface area is 112 Å². The quantitative estimate of drug-likeness (QED) is 0.785. The predicted molar refractivity (Wildman–Crippen MR) is 73.9 cm³/mol. The van der Waals surface area contributed by atoms with Crippen molar-refractivity contribution in [1.29, 1.82) is 0 Å². The summed E-state index contributed by atoms with van der Waals surface area (Å²) in [6.45, 7) is 5.92. The third-order valence-corrected chi connectivity index (χ3v) is 2.90. The van der Waals surface area contributed by atoms with Gasteiger partial charge in [0.2, 0.25) is 0 Å². The molecule has 1 N–H and O–H groups in total. The first-order chi connectivity index (χ1) is 8.15. The fraction of sp³-hybridized carbons (Fsp3) is 0.538. The minimum Gasteiger partial charge on any atom is -0.493 e. The molecule has 0 aliphatic rings. The van der Waals surface area contributed by atoms with Crippen molar-refractivity contribution in [3.05, 3.63) is 22.7 Å². The van der Waals surface area contributed by atoms with Gasteiger partial charge in [0.1, 0.15) is 0 Å². The van der Waals surface area contributed by atoms with Crippen molar-refractivity contribution in [2.45, 2.75) is 26.3 Å². The molecule has 0 aromatic heterocycles. The van der Waals surface area contributed by atoms with E-state index in [9.17, 15) is 0 Å². The lowest BCUT2D eigenvalue weighted by molar-refractivity contribution is 0.284. The molecule has 1 aromatic carbocycles. The second kappa shape index (κ2) is 7.56. The largest absolute Gasteiger partial charge is 0.493 e. The van der Waals surface area contributed by atoms with E-state index in [4.69, 9.17) is 9.47 Å². The second-order valence-electron chi connectivity index (χ2n) is 4.08. The van der Waals surface area contributed by atoms with E-state index in [0.29, 0.717) is 12.6 Å². The van der Waals surface area contributed by atoms with Gasteiger partial charge in [-0.3, -0.25) is 0 Å². The summed E-state index contributed by atoms with van der Waals surface area (Å²) in [5.74, 6) is 1.54. The third kappa shape index (κ3) is 4.96. The van der Waals surface area contributed by atoms with Crippen LogP contribution in [0.15, 0.2) is 22.7 Å². The first kappa shape index (κ1) is 14.3. The maximum atomic E-state index is 5.73. The minimum absolute atomic E-state index is 0.521. The van der Waals surface area contributed by atoms with Gasteiger partial charge < -0.3 is 14.8 Å². The van der Waals surface area contributed by atoms with Crippen LogP contribution in [0.5, 0.6) is 11.5 Å². The highest BCUT2D eigenvalue weighted by Crippen LogP contribution is 2.34. The molecular formula is C13H20BrNO2. The molecule has 0 spiro atoms. The molecule has 4 heteroatoms. The smallest absolute Gasteiger partial charge is 0.175 e. The van der Waals surface area contributed by atoms with Crippen molar-refractivity contribution in [2.24, 2.45) is 0 Å². The number of methoxy groups -OCH3 is 1. The summed E-state index contributed by atoms with van der Waals surface area (Å²) >= 11 is 3.46. The van der Waals surface area contributed by atoms with E-state index in [1.54, 1.807) is 7.11 Å². The molecule has 0 unspecified atom stereocenters. The molecule has 0 saturated heterocycles. The minimum atomic E-state index is 0.521. The zero-order valence-corrected chi connectivity index (χ0v) is 12.2. The second-order valence-corrected chi connectivity index (χ2v) is 4.94. The molecule has 17 heavy (non-hydrogen) atoms. The van der Waals surface area contributed by atoms with E-state index in [2.05, 4.69) is 35.1 Å². The van der Waals surface area contributed by atoms with E-state index < -0.39 is 0 Å². The van der Waals surface area contributed by atoms with Gasteiger partial charge in [0.15, 0.2) is 11.5 Å². The molecule has 0 saturated carbocycles. The van der Waals surface area contributed by atoms with Crippen molar-refractivity contribution in [3.8, 4) is 11.5 Å². The average molecular weight is 302 g/mol. The summed E-state index contributed by atoms with van der Waals surface area (Å²) in [4.78, 5) is 0. The monoisotopic (exact) mass is 301 g/mol. The zero-order chi connectivity index (χ0) is 12.7. The molecule has 1 rings (SSSR count). The van der Waals surface area contributed by atoms with Crippen LogP contribution in [0.3, 0.4) is 0 Å². The molecule has 0 radical (unpaired) electrons. The van der Waals surface area contributed by atoms with Crippen LogP contribution in [0.1, 0.15) is 20.3 Å². The fourth-order valence-electron chi connectivity index (χ4n) is 1.43. The first-order valence-corrected chi connectivity index (χ1v) is 6.63. The molecule has 0 atom stereocenters. The predicted octanol–water partition coefficient (Wildman–Crippen LogP) is 3.22. The molecule has 0 fully saturated rings. The molecule has 0 amide bonds. The van der Waals surface area contributed by atoms with E-state index in [1.807, 2.05) is 18.2 Å².